The van der Waals surface area contributed by atoms with E-state index in [1.807, 2.05) is 0 Å². The van der Waals surface area contributed by atoms with Crippen LogP contribution in [-0.2, 0) is 0 Å². The lowest BCUT2D eigenvalue weighted by molar-refractivity contribution is -0.0428. The van der Waals surface area contributed by atoms with Crippen LogP contribution in [-0.4, -0.2) is 22.9 Å². The molecule has 2 heteroatoms. The van der Waals surface area contributed by atoms with Gasteiger partial charge in [-0.15, -0.1) is 0 Å². The van der Waals surface area contributed by atoms with Crippen LogP contribution in [0.4, 0.5) is 0 Å². The van der Waals surface area contributed by atoms with Gasteiger partial charge in [0, 0.05) is 6.61 Å². The summed E-state index contributed by atoms with van der Waals surface area (Å²) in [4.78, 5) is 0. The van der Waals surface area contributed by atoms with Crippen molar-refractivity contribution in [2.24, 2.45) is 17.8 Å². The average Bonchev–Trinajstić information content (AvgIpc) is 2.04. The van der Waals surface area contributed by atoms with Gasteiger partial charge in [-0.25, -0.2) is 0 Å². The maximum atomic E-state index is 9.82. The van der Waals surface area contributed by atoms with Crippen molar-refractivity contribution in [1.82, 2.24) is 0 Å². The van der Waals surface area contributed by atoms with Crippen LogP contribution in [0.3, 0.4) is 0 Å². The van der Waals surface area contributed by atoms with Crippen molar-refractivity contribution < 1.29 is 10.2 Å². The van der Waals surface area contributed by atoms with Gasteiger partial charge in [-0.1, -0.05) is 6.42 Å². The van der Waals surface area contributed by atoms with E-state index in [1.54, 1.807) is 0 Å². The predicted octanol–water partition coefficient (Wildman–Crippen LogP) is 1.17. The SMILES string of the molecule is OCC1CC2CCCC(C1)C2O. The highest BCUT2D eigenvalue weighted by Crippen LogP contribution is 2.42. The smallest absolute Gasteiger partial charge is 0.0596 e. The molecule has 2 bridgehead atoms. The Morgan fingerprint density at radius 1 is 1.08 bits per heavy atom. The molecule has 0 saturated heterocycles. The molecule has 0 aliphatic heterocycles. The Labute approximate surface area is 73.6 Å². The van der Waals surface area contributed by atoms with Crippen LogP contribution in [0.2, 0.25) is 0 Å². The molecule has 2 unspecified atom stereocenters. The molecular weight excluding hydrogens is 152 g/mol. The van der Waals surface area contributed by atoms with Crippen LogP contribution < -0.4 is 0 Å². The molecule has 2 N–H and O–H groups in total. The lowest BCUT2D eigenvalue weighted by atomic mass is 9.66. The van der Waals surface area contributed by atoms with Gasteiger partial charge in [-0.3, -0.25) is 0 Å². The van der Waals surface area contributed by atoms with Gasteiger partial charge >= 0.3 is 0 Å². The van der Waals surface area contributed by atoms with E-state index in [0.717, 1.165) is 12.8 Å². The fourth-order valence-corrected chi connectivity index (χ4v) is 2.98. The van der Waals surface area contributed by atoms with Gasteiger partial charge in [0.05, 0.1) is 6.10 Å². The van der Waals surface area contributed by atoms with E-state index in [-0.39, 0.29) is 6.10 Å². The van der Waals surface area contributed by atoms with Gasteiger partial charge in [0.2, 0.25) is 0 Å². The molecule has 2 aliphatic carbocycles. The lowest BCUT2D eigenvalue weighted by Gasteiger charge is -2.42. The number of rotatable bonds is 1. The van der Waals surface area contributed by atoms with Crippen molar-refractivity contribution in [2.45, 2.75) is 38.2 Å². The fraction of sp³-hybridized carbons (Fsp3) is 1.00. The Bertz CT molecular complexity index is 144. The molecule has 2 fully saturated rings. The minimum atomic E-state index is -0.0541. The molecule has 2 atom stereocenters. The van der Waals surface area contributed by atoms with Crippen molar-refractivity contribution in [3.8, 4) is 0 Å². The van der Waals surface area contributed by atoms with E-state index in [0.29, 0.717) is 24.4 Å². The molecule has 2 nitrogen and oxygen atoms in total. The monoisotopic (exact) mass is 170 g/mol. The van der Waals surface area contributed by atoms with E-state index in [1.165, 1.54) is 19.3 Å². The summed E-state index contributed by atoms with van der Waals surface area (Å²) in [7, 11) is 0. The van der Waals surface area contributed by atoms with Crippen molar-refractivity contribution in [2.75, 3.05) is 6.61 Å². The van der Waals surface area contributed by atoms with Crippen LogP contribution in [0.25, 0.3) is 0 Å². The molecule has 70 valence electrons. The van der Waals surface area contributed by atoms with E-state index in [9.17, 15) is 5.11 Å². The van der Waals surface area contributed by atoms with Gasteiger partial charge in [-0.2, -0.15) is 0 Å². The zero-order valence-electron chi connectivity index (χ0n) is 7.45. The minimum Gasteiger partial charge on any atom is -0.396 e. The van der Waals surface area contributed by atoms with Gasteiger partial charge in [0.25, 0.3) is 0 Å². The van der Waals surface area contributed by atoms with Gasteiger partial charge < -0.3 is 10.2 Å². The van der Waals surface area contributed by atoms with Gasteiger partial charge in [0.1, 0.15) is 0 Å². The van der Waals surface area contributed by atoms with Crippen molar-refractivity contribution in [3.05, 3.63) is 0 Å². The Morgan fingerprint density at radius 2 is 1.67 bits per heavy atom. The Morgan fingerprint density at radius 3 is 2.17 bits per heavy atom. The minimum absolute atomic E-state index is 0.0541. The second kappa shape index (κ2) is 3.35. The molecule has 2 saturated carbocycles. The van der Waals surface area contributed by atoms with Crippen molar-refractivity contribution in [3.63, 3.8) is 0 Å². The average molecular weight is 170 g/mol. The Balaban J connectivity index is 2.02. The van der Waals surface area contributed by atoms with Crippen molar-refractivity contribution >= 4 is 0 Å². The summed E-state index contributed by atoms with van der Waals surface area (Å²) in [6.45, 7) is 0.319. The second-order valence-electron chi connectivity index (χ2n) is 4.46. The molecule has 0 aromatic carbocycles. The van der Waals surface area contributed by atoms with E-state index in [4.69, 9.17) is 5.11 Å². The molecule has 0 aromatic heterocycles. The fourth-order valence-electron chi connectivity index (χ4n) is 2.98. The Hall–Kier alpha value is -0.0800. The molecule has 12 heavy (non-hydrogen) atoms. The summed E-state index contributed by atoms with van der Waals surface area (Å²) in [5.41, 5.74) is 0. The van der Waals surface area contributed by atoms with E-state index < -0.39 is 0 Å². The largest absolute Gasteiger partial charge is 0.396 e. The highest BCUT2D eigenvalue weighted by atomic mass is 16.3. The molecule has 0 heterocycles. The third-order valence-electron chi connectivity index (χ3n) is 3.65. The molecule has 0 aromatic rings. The summed E-state index contributed by atoms with van der Waals surface area (Å²) in [6.07, 6.45) is 5.68. The molecule has 0 radical (unpaired) electrons. The summed E-state index contributed by atoms with van der Waals surface area (Å²) in [6, 6.07) is 0. The number of fused-ring (bicyclic) bond motifs is 2. The van der Waals surface area contributed by atoms with Crippen LogP contribution in [0.15, 0.2) is 0 Å². The summed E-state index contributed by atoms with van der Waals surface area (Å²) in [5.74, 6) is 1.47. The first kappa shape index (κ1) is 8.52. The molecular formula is C10H18O2. The highest BCUT2D eigenvalue weighted by molar-refractivity contribution is 4.89. The van der Waals surface area contributed by atoms with Crippen LogP contribution in [0, 0.1) is 17.8 Å². The third-order valence-corrected chi connectivity index (χ3v) is 3.65. The van der Waals surface area contributed by atoms with E-state index in [2.05, 4.69) is 0 Å². The summed E-state index contributed by atoms with van der Waals surface area (Å²) < 4.78 is 0. The lowest BCUT2D eigenvalue weighted by Crippen LogP contribution is -2.41. The van der Waals surface area contributed by atoms with Gasteiger partial charge in [0.15, 0.2) is 0 Å². The molecule has 2 aliphatic rings. The highest BCUT2D eigenvalue weighted by Gasteiger charge is 2.38. The quantitative estimate of drug-likeness (QED) is 0.620. The third kappa shape index (κ3) is 1.38. The zero-order chi connectivity index (χ0) is 8.55. The second-order valence-corrected chi connectivity index (χ2v) is 4.46. The summed E-state index contributed by atoms with van der Waals surface area (Å²) in [5, 5.41) is 18.9. The number of aliphatic hydroxyl groups excluding tert-OH is 2. The normalized spacial score (nSPS) is 47.5. The maximum absolute atomic E-state index is 9.82. The topological polar surface area (TPSA) is 40.5 Å². The van der Waals surface area contributed by atoms with E-state index >= 15 is 0 Å². The number of aliphatic hydroxyl groups is 2. The van der Waals surface area contributed by atoms with Crippen molar-refractivity contribution in [1.29, 1.82) is 0 Å². The molecule has 2 rings (SSSR count). The summed E-state index contributed by atoms with van der Waals surface area (Å²) >= 11 is 0. The number of hydrogen-bond donors (Lipinski definition) is 2. The number of hydrogen-bond acceptors (Lipinski definition) is 2. The molecule has 0 spiro atoms. The Kier molecular flexibility index (Phi) is 2.37. The van der Waals surface area contributed by atoms with Crippen LogP contribution >= 0.6 is 0 Å². The predicted molar refractivity (Wildman–Crippen MR) is 46.6 cm³/mol. The molecule has 0 amide bonds. The first-order chi connectivity index (χ1) is 5.81. The zero-order valence-corrected chi connectivity index (χ0v) is 7.45. The first-order valence-corrected chi connectivity index (χ1v) is 5.10. The maximum Gasteiger partial charge on any atom is 0.0596 e. The standard InChI is InChI=1S/C10H18O2/c11-6-7-4-8-2-1-3-9(5-7)10(8)12/h7-12H,1-6H2. The first-order valence-electron chi connectivity index (χ1n) is 5.10. The van der Waals surface area contributed by atoms with Gasteiger partial charge in [-0.05, 0) is 43.4 Å². The van der Waals surface area contributed by atoms with Crippen LogP contribution in [0.5, 0.6) is 0 Å². The van der Waals surface area contributed by atoms with Crippen LogP contribution in [0.1, 0.15) is 32.1 Å².